The summed E-state index contributed by atoms with van der Waals surface area (Å²) in [6.07, 6.45) is 0.499. The Morgan fingerprint density at radius 3 is 2.76 bits per heavy atom. The number of anilines is 1. The van der Waals surface area contributed by atoms with Gasteiger partial charge in [0.05, 0.1) is 6.33 Å². The quantitative estimate of drug-likeness (QED) is 0.789. The van der Waals surface area contributed by atoms with Gasteiger partial charge in [0, 0.05) is 25.5 Å². The van der Waals surface area contributed by atoms with Crippen LogP contribution in [0.4, 0.5) is 19.0 Å². The molecule has 0 bridgehead atoms. The van der Waals surface area contributed by atoms with E-state index < -0.39 is 12.0 Å². The smallest absolute Gasteiger partial charge is 0.367 e. The van der Waals surface area contributed by atoms with Crippen LogP contribution in [0.2, 0.25) is 0 Å². The molecule has 21 heavy (non-hydrogen) atoms. The lowest BCUT2D eigenvalue weighted by atomic mass is 10.5. The van der Waals surface area contributed by atoms with Gasteiger partial charge in [0.15, 0.2) is 5.65 Å². The molecule has 10 heteroatoms. The van der Waals surface area contributed by atoms with E-state index in [0.717, 1.165) is 0 Å². The van der Waals surface area contributed by atoms with Gasteiger partial charge in [-0.1, -0.05) is 0 Å². The van der Waals surface area contributed by atoms with Gasteiger partial charge in [-0.05, 0) is 12.1 Å². The van der Waals surface area contributed by atoms with Crippen molar-refractivity contribution in [3.8, 4) is 0 Å². The minimum Gasteiger partial charge on any atom is -0.367 e. The molecule has 3 aromatic rings. The number of imidazole rings is 1. The molecular formula is C11H10F3N7. The minimum absolute atomic E-state index is 0.0440. The number of nitrogens with zero attached hydrogens (tertiary/aromatic N) is 6. The van der Waals surface area contributed by atoms with Crippen LogP contribution in [0.5, 0.6) is 0 Å². The molecule has 7 nitrogen and oxygen atoms in total. The summed E-state index contributed by atoms with van der Waals surface area (Å²) >= 11 is 0. The van der Waals surface area contributed by atoms with Gasteiger partial charge >= 0.3 is 6.18 Å². The number of rotatable bonds is 4. The van der Waals surface area contributed by atoms with E-state index in [4.69, 9.17) is 0 Å². The van der Waals surface area contributed by atoms with E-state index in [-0.39, 0.29) is 5.65 Å². The highest BCUT2D eigenvalue weighted by Crippen LogP contribution is 2.27. The predicted octanol–water partition coefficient (Wildman–Crippen LogP) is 1.45. The zero-order chi connectivity index (χ0) is 14.9. The minimum atomic E-state index is -4.60. The van der Waals surface area contributed by atoms with Gasteiger partial charge in [0.2, 0.25) is 0 Å². The molecule has 1 N–H and O–H groups in total. The topological polar surface area (TPSA) is 72.9 Å². The fourth-order valence-electron chi connectivity index (χ4n) is 1.79. The third-order valence-corrected chi connectivity index (χ3v) is 2.75. The molecule has 3 heterocycles. The zero-order valence-electron chi connectivity index (χ0n) is 10.6. The highest BCUT2D eigenvalue weighted by Gasteiger charge is 2.37. The van der Waals surface area contributed by atoms with Crippen molar-refractivity contribution in [2.24, 2.45) is 0 Å². The van der Waals surface area contributed by atoms with Crippen molar-refractivity contribution >= 4 is 11.5 Å². The molecule has 0 fully saturated rings. The Bertz CT molecular complexity index is 732. The number of nitrogens with one attached hydrogen (secondary N) is 1. The Morgan fingerprint density at radius 2 is 2.05 bits per heavy atom. The number of aromatic nitrogens is 6. The van der Waals surface area contributed by atoms with Crippen LogP contribution in [-0.2, 0) is 12.7 Å². The average Bonchev–Trinajstić information content (AvgIpc) is 3.05. The summed E-state index contributed by atoms with van der Waals surface area (Å²) < 4.78 is 40.7. The highest BCUT2D eigenvalue weighted by molar-refractivity contribution is 5.44. The second-order valence-electron chi connectivity index (χ2n) is 4.24. The van der Waals surface area contributed by atoms with Crippen molar-refractivity contribution in [3.05, 3.63) is 36.7 Å². The van der Waals surface area contributed by atoms with Gasteiger partial charge in [-0.2, -0.15) is 17.7 Å². The van der Waals surface area contributed by atoms with E-state index in [1.54, 1.807) is 24.8 Å². The van der Waals surface area contributed by atoms with Gasteiger partial charge in [-0.15, -0.1) is 15.3 Å². The molecule has 0 aliphatic heterocycles. The van der Waals surface area contributed by atoms with Gasteiger partial charge in [0.1, 0.15) is 5.82 Å². The van der Waals surface area contributed by atoms with E-state index >= 15 is 0 Å². The maximum atomic E-state index is 12.7. The van der Waals surface area contributed by atoms with Crippen LogP contribution in [0.3, 0.4) is 0 Å². The third kappa shape index (κ3) is 2.78. The van der Waals surface area contributed by atoms with E-state index in [1.807, 2.05) is 4.57 Å². The molecule has 0 amide bonds. The Hall–Kier alpha value is -2.65. The number of alkyl halides is 3. The molecule has 0 saturated carbocycles. The summed E-state index contributed by atoms with van der Waals surface area (Å²) in [6.45, 7) is 1.12. The summed E-state index contributed by atoms with van der Waals surface area (Å²) in [6, 6.07) is 2.98. The van der Waals surface area contributed by atoms with Crippen LogP contribution in [0.25, 0.3) is 5.65 Å². The van der Waals surface area contributed by atoms with Crippen molar-refractivity contribution in [1.29, 1.82) is 0 Å². The lowest BCUT2D eigenvalue weighted by molar-refractivity contribution is -0.146. The lowest BCUT2D eigenvalue weighted by Gasteiger charge is -2.07. The van der Waals surface area contributed by atoms with E-state index in [0.29, 0.717) is 23.4 Å². The first-order chi connectivity index (χ1) is 10.0. The molecule has 3 rings (SSSR count). The molecule has 0 spiro atoms. The average molecular weight is 297 g/mol. The summed E-state index contributed by atoms with van der Waals surface area (Å²) in [5, 5.41) is 13.3. The van der Waals surface area contributed by atoms with Gasteiger partial charge in [0.25, 0.3) is 5.82 Å². The van der Waals surface area contributed by atoms with Crippen LogP contribution in [-0.4, -0.2) is 35.9 Å². The second kappa shape index (κ2) is 5.04. The first-order valence-corrected chi connectivity index (χ1v) is 6.03. The van der Waals surface area contributed by atoms with Gasteiger partial charge < -0.3 is 9.88 Å². The molecule has 0 saturated heterocycles. The van der Waals surface area contributed by atoms with E-state index in [1.165, 1.54) is 6.07 Å². The van der Waals surface area contributed by atoms with Crippen LogP contribution in [0, 0.1) is 0 Å². The van der Waals surface area contributed by atoms with Crippen molar-refractivity contribution in [1.82, 2.24) is 29.4 Å². The second-order valence-corrected chi connectivity index (χ2v) is 4.24. The van der Waals surface area contributed by atoms with Crippen molar-refractivity contribution in [3.63, 3.8) is 0 Å². The Balaban J connectivity index is 1.77. The fraction of sp³-hybridized carbons (Fsp3) is 0.273. The van der Waals surface area contributed by atoms with E-state index in [2.05, 4.69) is 25.6 Å². The normalized spacial score (nSPS) is 12.0. The van der Waals surface area contributed by atoms with Crippen LogP contribution >= 0.6 is 0 Å². The molecule has 3 aromatic heterocycles. The predicted molar refractivity (Wildman–Crippen MR) is 66.5 cm³/mol. The molecule has 0 aliphatic rings. The number of halogens is 3. The summed E-state index contributed by atoms with van der Waals surface area (Å²) in [5.74, 6) is -0.830. The zero-order valence-corrected chi connectivity index (χ0v) is 10.6. The summed E-state index contributed by atoms with van der Waals surface area (Å²) in [7, 11) is 0. The SMILES string of the molecule is FC(F)(F)c1nnc2ccc(NCCn3ccnc3)nn12. The monoisotopic (exact) mass is 297 g/mol. The van der Waals surface area contributed by atoms with Crippen LogP contribution in [0.15, 0.2) is 30.9 Å². The standard InChI is InChI=1S/C11H10F3N7/c12-11(13,14)10-18-17-9-2-1-8(19-21(9)10)16-4-6-20-5-3-15-7-20/h1-3,5,7H,4,6H2,(H,16,19). The number of hydrogen-bond donors (Lipinski definition) is 1. The molecule has 0 aromatic carbocycles. The van der Waals surface area contributed by atoms with Crippen molar-refractivity contribution < 1.29 is 13.2 Å². The Kier molecular flexibility index (Phi) is 3.20. The van der Waals surface area contributed by atoms with Gasteiger partial charge in [-0.25, -0.2) is 4.98 Å². The van der Waals surface area contributed by atoms with Crippen molar-refractivity contribution in [2.45, 2.75) is 12.7 Å². The summed E-state index contributed by atoms with van der Waals surface area (Å²) in [4.78, 5) is 3.89. The van der Waals surface area contributed by atoms with E-state index in [9.17, 15) is 13.2 Å². The summed E-state index contributed by atoms with van der Waals surface area (Å²) in [5.41, 5.74) is 0.0440. The highest BCUT2D eigenvalue weighted by atomic mass is 19.4. The maximum absolute atomic E-state index is 12.7. The Labute approximate surface area is 116 Å². The first kappa shape index (κ1) is 13.3. The number of hydrogen-bond acceptors (Lipinski definition) is 5. The van der Waals surface area contributed by atoms with Gasteiger partial charge in [-0.3, -0.25) is 0 Å². The fourth-order valence-corrected chi connectivity index (χ4v) is 1.79. The molecule has 0 unspecified atom stereocenters. The first-order valence-electron chi connectivity index (χ1n) is 6.03. The molecule has 0 atom stereocenters. The lowest BCUT2D eigenvalue weighted by Crippen LogP contribution is -2.15. The van der Waals surface area contributed by atoms with Crippen molar-refractivity contribution in [2.75, 3.05) is 11.9 Å². The molecule has 110 valence electrons. The third-order valence-electron chi connectivity index (χ3n) is 2.75. The molecule has 0 aliphatic carbocycles. The maximum Gasteiger partial charge on any atom is 0.453 e. The Morgan fingerprint density at radius 1 is 1.19 bits per heavy atom. The molecule has 0 radical (unpaired) electrons. The number of fused-ring (bicyclic) bond motifs is 1. The van der Waals surface area contributed by atoms with Crippen LogP contribution < -0.4 is 5.32 Å². The van der Waals surface area contributed by atoms with Crippen LogP contribution in [0.1, 0.15) is 5.82 Å². The largest absolute Gasteiger partial charge is 0.453 e. The molecular weight excluding hydrogens is 287 g/mol.